The second-order valence-electron chi connectivity index (χ2n) is 13.7. The van der Waals surface area contributed by atoms with Gasteiger partial charge in [0.15, 0.2) is 17.4 Å². The molecular weight excluding hydrogens is 644 g/mol. The number of phenolic OH excluding ortho intramolecular Hbond substituents is 1. The van der Waals surface area contributed by atoms with Crippen LogP contribution in [0.4, 0.5) is 23.4 Å². The summed E-state index contributed by atoms with van der Waals surface area (Å²) in [5.74, 6) is -2.91. The summed E-state index contributed by atoms with van der Waals surface area (Å²) in [7, 11) is 0. The van der Waals surface area contributed by atoms with Crippen LogP contribution in [0.1, 0.15) is 38.7 Å². The molecule has 0 aliphatic carbocycles. The summed E-state index contributed by atoms with van der Waals surface area (Å²) in [5, 5.41) is 26.5. The largest absolute Gasteiger partial charge is 0.505 e. The first-order valence-corrected chi connectivity index (χ1v) is 16.6. The first-order chi connectivity index (χ1) is 23.5. The number of halogens is 4. The van der Waals surface area contributed by atoms with Gasteiger partial charge in [-0.15, -0.1) is 0 Å². The fourth-order valence-electron chi connectivity index (χ4n) is 8.11. The van der Waals surface area contributed by atoms with E-state index < -0.39 is 40.5 Å². The Bertz CT molecular complexity index is 2130. The SMILES string of the molecule is CCc1c(F)ccc2c(F)c(O)cc(-c3c(F)c4nc(OCC56CCCN5CC(F)C6)nc(N5CCOCC(C)(O)C5)c4c4ccnn34)c12. The molecule has 3 saturated heterocycles. The Morgan fingerprint density at radius 2 is 1.94 bits per heavy atom. The Morgan fingerprint density at radius 3 is 2.76 bits per heavy atom. The van der Waals surface area contributed by atoms with Gasteiger partial charge in [0.25, 0.3) is 0 Å². The average molecular weight is 681 g/mol. The fraction of sp³-hybridized carbons (Fsp3) is 0.457. The molecule has 3 aliphatic heterocycles. The van der Waals surface area contributed by atoms with Crippen molar-refractivity contribution >= 4 is 33.0 Å². The number of phenols is 1. The molecule has 10 nitrogen and oxygen atoms in total. The Balaban J connectivity index is 1.39. The van der Waals surface area contributed by atoms with Crippen molar-refractivity contribution in [2.45, 2.75) is 56.8 Å². The number of aromatic nitrogens is 4. The van der Waals surface area contributed by atoms with Gasteiger partial charge in [0.05, 0.1) is 42.4 Å². The Hall–Kier alpha value is -4.27. The highest BCUT2D eigenvalue weighted by molar-refractivity contribution is 6.07. The molecule has 3 unspecified atom stereocenters. The van der Waals surface area contributed by atoms with E-state index in [4.69, 9.17) is 14.5 Å². The summed E-state index contributed by atoms with van der Waals surface area (Å²) in [6.07, 6.45) is 2.60. The fourth-order valence-corrected chi connectivity index (χ4v) is 8.11. The van der Waals surface area contributed by atoms with Gasteiger partial charge in [-0.3, -0.25) is 4.90 Å². The molecule has 3 fully saturated rings. The molecule has 0 saturated carbocycles. The van der Waals surface area contributed by atoms with E-state index in [2.05, 4.69) is 15.0 Å². The number of pyridine rings is 1. The standard InChI is InChI=1S/C35H36F4N6O4/c1-3-20-23(37)6-5-21-26(20)22(13-25(46)28(21)38)31-29(39)30-27(24-7-9-40-45(24)31)32(43-11-12-48-17-34(2,47)16-43)42-33(41-30)49-18-35-8-4-10-44(35)15-19(36)14-35/h5-7,9,13,19,46-47H,3-4,8,10-12,14-18H2,1-2H3. The number of rotatable bonds is 6. The third kappa shape index (κ3) is 5.14. The van der Waals surface area contributed by atoms with Gasteiger partial charge in [0, 0.05) is 35.8 Å². The number of alkyl halides is 1. The Kier molecular flexibility index (Phi) is 7.61. The molecule has 0 radical (unpaired) electrons. The minimum atomic E-state index is -1.27. The van der Waals surface area contributed by atoms with E-state index in [-0.39, 0.29) is 83.1 Å². The van der Waals surface area contributed by atoms with Gasteiger partial charge in [0.1, 0.15) is 41.2 Å². The molecular formula is C35H36F4N6O4. The van der Waals surface area contributed by atoms with Crippen molar-refractivity contribution in [3.63, 3.8) is 0 Å². The summed E-state index contributed by atoms with van der Waals surface area (Å²) in [5.41, 5.74) is -1.58. The number of hydrogen-bond acceptors (Lipinski definition) is 9. The van der Waals surface area contributed by atoms with Crippen molar-refractivity contribution in [2.75, 3.05) is 50.9 Å². The van der Waals surface area contributed by atoms with Gasteiger partial charge in [-0.25, -0.2) is 22.1 Å². The van der Waals surface area contributed by atoms with Crippen LogP contribution in [0, 0.1) is 17.5 Å². The maximum absolute atomic E-state index is 17.4. The van der Waals surface area contributed by atoms with Crippen LogP contribution in [-0.4, -0.2) is 98.0 Å². The van der Waals surface area contributed by atoms with Crippen LogP contribution in [0.2, 0.25) is 0 Å². The summed E-state index contributed by atoms with van der Waals surface area (Å²) < 4.78 is 75.7. The highest BCUT2D eigenvalue weighted by Crippen LogP contribution is 2.44. The minimum Gasteiger partial charge on any atom is -0.505 e. The lowest BCUT2D eigenvalue weighted by Gasteiger charge is -2.31. The van der Waals surface area contributed by atoms with Crippen molar-refractivity contribution in [1.82, 2.24) is 24.5 Å². The van der Waals surface area contributed by atoms with Crippen molar-refractivity contribution in [1.29, 1.82) is 0 Å². The van der Waals surface area contributed by atoms with E-state index in [1.165, 1.54) is 16.8 Å². The summed E-state index contributed by atoms with van der Waals surface area (Å²) >= 11 is 0. The average Bonchev–Trinajstić information content (AvgIpc) is 3.74. The molecule has 49 heavy (non-hydrogen) atoms. The number of fused-ring (bicyclic) bond motifs is 5. The van der Waals surface area contributed by atoms with Crippen LogP contribution in [-0.2, 0) is 11.2 Å². The molecule has 3 atom stereocenters. The Morgan fingerprint density at radius 1 is 1.10 bits per heavy atom. The number of anilines is 1. The van der Waals surface area contributed by atoms with Crippen molar-refractivity contribution in [3.05, 3.63) is 53.5 Å². The van der Waals surface area contributed by atoms with Gasteiger partial charge >= 0.3 is 6.01 Å². The molecule has 258 valence electrons. The van der Waals surface area contributed by atoms with Crippen LogP contribution < -0.4 is 9.64 Å². The van der Waals surface area contributed by atoms with Crippen LogP contribution in [0.5, 0.6) is 11.8 Å². The van der Waals surface area contributed by atoms with E-state index in [0.717, 1.165) is 31.5 Å². The van der Waals surface area contributed by atoms with Crippen molar-refractivity contribution in [2.24, 2.45) is 0 Å². The highest BCUT2D eigenvalue weighted by Gasteiger charge is 2.49. The first kappa shape index (κ1) is 32.0. The normalized spacial score (nSPS) is 24.7. The predicted molar refractivity (Wildman–Crippen MR) is 174 cm³/mol. The summed E-state index contributed by atoms with van der Waals surface area (Å²) in [4.78, 5) is 13.2. The molecule has 2 N–H and O–H groups in total. The lowest BCUT2D eigenvalue weighted by molar-refractivity contribution is -0.0123. The third-order valence-electron chi connectivity index (χ3n) is 10.3. The van der Waals surface area contributed by atoms with Gasteiger partial charge in [-0.2, -0.15) is 15.1 Å². The van der Waals surface area contributed by atoms with E-state index in [1.807, 2.05) is 0 Å². The molecule has 3 aromatic heterocycles. The van der Waals surface area contributed by atoms with E-state index >= 15 is 13.2 Å². The molecule has 14 heteroatoms. The van der Waals surface area contributed by atoms with Crippen LogP contribution in [0.15, 0.2) is 30.5 Å². The van der Waals surface area contributed by atoms with E-state index in [0.29, 0.717) is 25.0 Å². The smallest absolute Gasteiger partial charge is 0.319 e. The zero-order chi connectivity index (χ0) is 34.2. The minimum absolute atomic E-state index is 0.0208. The number of ether oxygens (including phenoxy) is 2. The van der Waals surface area contributed by atoms with Crippen molar-refractivity contribution < 1.29 is 37.2 Å². The van der Waals surface area contributed by atoms with Crippen LogP contribution in [0.3, 0.4) is 0 Å². The number of aliphatic hydroxyl groups is 1. The number of hydrogen-bond donors (Lipinski definition) is 2. The van der Waals surface area contributed by atoms with Gasteiger partial charge in [-0.05, 0) is 62.6 Å². The molecule has 0 bridgehead atoms. The number of aromatic hydroxyl groups is 1. The molecule has 2 aromatic carbocycles. The highest BCUT2D eigenvalue weighted by atomic mass is 19.1. The maximum atomic E-state index is 17.4. The molecule has 6 heterocycles. The van der Waals surface area contributed by atoms with Crippen molar-refractivity contribution in [3.8, 4) is 23.0 Å². The van der Waals surface area contributed by atoms with E-state index in [9.17, 15) is 14.6 Å². The first-order valence-electron chi connectivity index (χ1n) is 16.6. The van der Waals surface area contributed by atoms with Gasteiger partial charge < -0.3 is 24.6 Å². The molecule has 8 rings (SSSR count). The van der Waals surface area contributed by atoms with E-state index in [1.54, 1.807) is 24.8 Å². The quantitative estimate of drug-likeness (QED) is 0.230. The molecule has 0 amide bonds. The zero-order valence-electron chi connectivity index (χ0n) is 27.1. The van der Waals surface area contributed by atoms with Gasteiger partial charge in [0.2, 0.25) is 0 Å². The molecule has 3 aliphatic rings. The maximum Gasteiger partial charge on any atom is 0.319 e. The Labute approximate surface area is 278 Å². The second-order valence-corrected chi connectivity index (χ2v) is 13.7. The molecule has 0 spiro atoms. The lowest BCUT2D eigenvalue weighted by Crippen LogP contribution is -2.44. The second kappa shape index (κ2) is 11.7. The lowest BCUT2D eigenvalue weighted by atomic mass is 9.93. The predicted octanol–water partition coefficient (Wildman–Crippen LogP) is 5.33. The van der Waals surface area contributed by atoms with Crippen LogP contribution >= 0.6 is 0 Å². The zero-order valence-corrected chi connectivity index (χ0v) is 27.1. The third-order valence-corrected chi connectivity index (χ3v) is 10.3. The number of nitrogens with zero attached hydrogens (tertiary/aromatic N) is 6. The summed E-state index contributed by atoms with van der Waals surface area (Å²) in [6, 6.07) is 4.92. The molecule has 5 aromatic rings. The van der Waals surface area contributed by atoms with Crippen LogP contribution in [0.25, 0.3) is 38.4 Å². The number of aryl methyl sites for hydroxylation is 1. The van der Waals surface area contributed by atoms with Gasteiger partial charge in [-0.1, -0.05) is 6.92 Å². The monoisotopic (exact) mass is 680 g/mol. The number of benzene rings is 2. The summed E-state index contributed by atoms with van der Waals surface area (Å²) in [6.45, 7) is 5.26. The number of β-amino-alcohol motifs (C(OH)–C–C–N with tert-alkyl or cyclic N) is 1. The topological polar surface area (TPSA) is 108 Å².